The van der Waals surface area contributed by atoms with E-state index in [4.69, 9.17) is 5.73 Å². The largest absolute Gasteiger partial charge is 0.377 e. The van der Waals surface area contributed by atoms with Crippen LogP contribution in [0.1, 0.15) is 52.9 Å². The van der Waals surface area contributed by atoms with E-state index in [0.717, 1.165) is 0 Å². The molecule has 3 atom stereocenters. The van der Waals surface area contributed by atoms with Gasteiger partial charge in [-0.2, -0.15) is 0 Å². The minimum absolute atomic E-state index is 0.126. The number of Topliss-reactive ketones (excluding diaryl/α,β-unsaturated/α-hetero) is 1. The Morgan fingerprint density at radius 1 is 1.09 bits per heavy atom. The molecule has 12 heteroatoms. The van der Waals surface area contributed by atoms with Crippen molar-refractivity contribution in [3.8, 4) is 0 Å². The molecule has 0 saturated carbocycles. The van der Waals surface area contributed by atoms with Crippen molar-refractivity contribution >= 4 is 51.0 Å². The molecular formula is C22H37N5O5S2. The van der Waals surface area contributed by atoms with Crippen molar-refractivity contribution in [1.29, 1.82) is 0 Å². The van der Waals surface area contributed by atoms with Crippen LogP contribution in [0.5, 0.6) is 0 Å². The van der Waals surface area contributed by atoms with Gasteiger partial charge in [0, 0.05) is 30.2 Å². The summed E-state index contributed by atoms with van der Waals surface area (Å²) in [5.41, 5.74) is 6.04. The van der Waals surface area contributed by atoms with E-state index in [1.54, 1.807) is 0 Å². The van der Waals surface area contributed by atoms with Gasteiger partial charge in [0.05, 0.1) is 12.6 Å². The van der Waals surface area contributed by atoms with E-state index < -0.39 is 24.0 Å². The zero-order valence-corrected chi connectivity index (χ0v) is 21.8. The molecule has 0 bridgehead atoms. The Morgan fingerprint density at radius 2 is 1.74 bits per heavy atom. The Balaban J connectivity index is 2.59. The number of primary amides is 1. The fourth-order valence-electron chi connectivity index (χ4n) is 3.27. The van der Waals surface area contributed by atoms with Gasteiger partial charge in [-0.15, -0.1) is 0 Å². The molecule has 1 fully saturated rings. The Kier molecular flexibility index (Phi) is 13.7. The fourth-order valence-corrected chi connectivity index (χ4v) is 5.68. The normalized spacial score (nSPS) is 16.9. The van der Waals surface area contributed by atoms with Gasteiger partial charge in [-0.1, -0.05) is 42.0 Å². The van der Waals surface area contributed by atoms with Crippen molar-refractivity contribution in [2.24, 2.45) is 5.73 Å². The lowest BCUT2D eigenvalue weighted by atomic mass is 10.2. The molecule has 5 N–H and O–H groups in total. The minimum Gasteiger partial charge on any atom is -0.377 e. The number of carbonyl (C=O) groups excluding carboxylic acids is 5. The van der Waals surface area contributed by atoms with Crippen LogP contribution in [0.3, 0.4) is 0 Å². The van der Waals surface area contributed by atoms with Crippen LogP contribution >= 0.6 is 21.6 Å². The highest BCUT2D eigenvalue weighted by molar-refractivity contribution is 8.76. The van der Waals surface area contributed by atoms with Crippen LogP contribution in [-0.4, -0.2) is 77.0 Å². The summed E-state index contributed by atoms with van der Waals surface area (Å²) in [7, 11) is 2.77. The number of likely N-dealkylation sites (tertiary alicyclic amines) is 1. The summed E-state index contributed by atoms with van der Waals surface area (Å²) in [6.45, 7) is 9.33. The topological polar surface area (TPSA) is 151 Å². The number of nitrogens with one attached hydrogen (secondary N) is 3. The van der Waals surface area contributed by atoms with E-state index >= 15 is 0 Å². The van der Waals surface area contributed by atoms with Crippen LogP contribution in [0.15, 0.2) is 12.3 Å². The average molecular weight is 516 g/mol. The van der Waals surface area contributed by atoms with Crippen LogP contribution < -0.4 is 21.7 Å². The van der Waals surface area contributed by atoms with Gasteiger partial charge in [0.1, 0.15) is 12.1 Å². The molecule has 3 unspecified atom stereocenters. The van der Waals surface area contributed by atoms with Crippen molar-refractivity contribution < 1.29 is 24.0 Å². The zero-order chi connectivity index (χ0) is 25.7. The lowest BCUT2D eigenvalue weighted by Gasteiger charge is -2.24. The van der Waals surface area contributed by atoms with Crippen LogP contribution in [0.4, 0.5) is 0 Å². The Morgan fingerprint density at radius 3 is 2.29 bits per heavy atom. The maximum Gasteiger partial charge on any atom is 0.243 e. The molecule has 1 aliphatic rings. The van der Waals surface area contributed by atoms with Crippen LogP contribution in [-0.2, 0) is 24.0 Å². The van der Waals surface area contributed by atoms with Gasteiger partial charge in [0.2, 0.25) is 23.6 Å². The molecule has 0 aromatic rings. The predicted molar refractivity (Wildman–Crippen MR) is 136 cm³/mol. The highest BCUT2D eigenvalue weighted by Crippen LogP contribution is 2.24. The predicted octanol–water partition coefficient (Wildman–Crippen LogP) is 0.716. The smallest absolute Gasteiger partial charge is 0.243 e. The molecule has 192 valence electrons. The van der Waals surface area contributed by atoms with E-state index in [0.29, 0.717) is 55.9 Å². The Hall–Kier alpha value is -2.21. The number of nitrogens with zero attached hydrogens (tertiary/aromatic N) is 1. The van der Waals surface area contributed by atoms with Crippen molar-refractivity contribution in [2.75, 3.05) is 24.6 Å². The van der Waals surface area contributed by atoms with Gasteiger partial charge in [-0.3, -0.25) is 24.0 Å². The quantitative estimate of drug-likeness (QED) is 0.173. The monoisotopic (exact) mass is 515 g/mol. The van der Waals surface area contributed by atoms with E-state index in [-0.39, 0.29) is 30.0 Å². The Bertz CT molecular complexity index is 764. The van der Waals surface area contributed by atoms with Crippen molar-refractivity contribution in [1.82, 2.24) is 20.9 Å². The van der Waals surface area contributed by atoms with Gasteiger partial charge in [0.25, 0.3) is 0 Å². The second kappa shape index (κ2) is 15.6. The number of allylic oxidation sites excluding steroid dienone is 1. The number of amides is 4. The molecular weight excluding hydrogens is 478 g/mol. The third-order valence-electron chi connectivity index (χ3n) is 5.29. The van der Waals surface area contributed by atoms with Gasteiger partial charge >= 0.3 is 0 Å². The number of hydrogen-bond acceptors (Lipinski definition) is 8. The summed E-state index contributed by atoms with van der Waals surface area (Å²) in [4.78, 5) is 61.8. The molecule has 34 heavy (non-hydrogen) atoms. The molecule has 0 aromatic carbocycles. The summed E-state index contributed by atoms with van der Waals surface area (Å²) in [5.74, 6) is -0.821. The van der Waals surface area contributed by atoms with Crippen LogP contribution in [0.2, 0.25) is 0 Å². The van der Waals surface area contributed by atoms with E-state index in [1.807, 2.05) is 13.8 Å². The molecule has 0 aliphatic carbocycles. The summed E-state index contributed by atoms with van der Waals surface area (Å²) in [6, 6.07) is -1.86. The maximum absolute atomic E-state index is 12.8. The third-order valence-corrected chi connectivity index (χ3v) is 7.71. The maximum atomic E-state index is 12.8. The molecule has 0 radical (unpaired) electrons. The van der Waals surface area contributed by atoms with E-state index in [2.05, 4.69) is 22.5 Å². The summed E-state index contributed by atoms with van der Waals surface area (Å²) >= 11 is 0. The van der Waals surface area contributed by atoms with Crippen molar-refractivity contribution in [2.45, 2.75) is 71.0 Å². The second-order valence-corrected chi connectivity index (χ2v) is 10.6. The average Bonchev–Trinajstić information content (AvgIpc) is 3.28. The second-order valence-electron chi connectivity index (χ2n) is 8.07. The third kappa shape index (κ3) is 10.4. The lowest BCUT2D eigenvalue weighted by Crippen LogP contribution is -2.51. The molecule has 1 aliphatic heterocycles. The minimum atomic E-state index is -0.645. The Labute approximate surface area is 209 Å². The molecule has 0 aromatic heterocycles. The van der Waals surface area contributed by atoms with E-state index in [1.165, 1.54) is 33.4 Å². The number of carbonyl (C=O) groups is 5. The standard InChI is InChI=1S/C22H37N5O5S2/c1-5-8-19(29)26-16(15(4)28)12-33-34-13-17(25-14(3)6-2)22(32)24-11-20(30)27-10-7-9-18(27)21(23)31/h16-18,25H,3,5-13H2,1-2,4H3,(H2,23,31)(H,24,32)(H,26,29). The van der Waals surface area contributed by atoms with Gasteiger partial charge in [0.15, 0.2) is 5.78 Å². The first-order valence-corrected chi connectivity index (χ1v) is 13.9. The van der Waals surface area contributed by atoms with Crippen molar-refractivity contribution in [3.63, 3.8) is 0 Å². The summed E-state index contributed by atoms with van der Waals surface area (Å²) in [5, 5.41) is 8.44. The number of ketones is 1. The first-order valence-electron chi connectivity index (χ1n) is 11.5. The molecule has 1 saturated heterocycles. The highest BCUT2D eigenvalue weighted by atomic mass is 33.1. The highest BCUT2D eigenvalue weighted by Gasteiger charge is 2.32. The first kappa shape index (κ1) is 29.8. The fraction of sp³-hybridized carbons (Fsp3) is 0.682. The lowest BCUT2D eigenvalue weighted by molar-refractivity contribution is -0.137. The summed E-state index contributed by atoms with van der Waals surface area (Å²) < 4.78 is 0. The van der Waals surface area contributed by atoms with Gasteiger partial charge in [-0.05, 0) is 32.6 Å². The number of hydrogen-bond donors (Lipinski definition) is 4. The van der Waals surface area contributed by atoms with Crippen LogP contribution in [0, 0.1) is 0 Å². The van der Waals surface area contributed by atoms with Gasteiger partial charge in [-0.25, -0.2) is 0 Å². The molecule has 0 spiro atoms. The van der Waals surface area contributed by atoms with Crippen molar-refractivity contribution in [3.05, 3.63) is 12.3 Å². The first-order chi connectivity index (χ1) is 16.1. The zero-order valence-electron chi connectivity index (χ0n) is 20.2. The molecule has 4 amide bonds. The molecule has 10 nitrogen and oxygen atoms in total. The molecule has 1 rings (SSSR count). The molecule has 1 heterocycles. The van der Waals surface area contributed by atoms with Gasteiger partial charge < -0.3 is 26.6 Å². The van der Waals surface area contributed by atoms with Crippen LogP contribution in [0.25, 0.3) is 0 Å². The van der Waals surface area contributed by atoms with E-state index in [9.17, 15) is 24.0 Å². The summed E-state index contributed by atoms with van der Waals surface area (Å²) in [6.07, 6.45) is 2.92. The number of rotatable bonds is 16. The SMILES string of the molecule is C=C(CC)NC(CSSCC(NC(=O)CCC)C(C)=O)C(=O)NCC(=O)N1CCCC1C(N)=O. The number of nitrogens with two attached hydrogens (primary N) is 1.